The quantitative estimate of drug-likeness (QED) is 0.139. The number of carbonyl (C=O) groups excluding carboxylic acids is 4. The van der Waals surface area contributed by atoms with Gasteiger partial charge in [-0.25, -0.2) is 9.59 Å². The monoisotopic (exact) mass is 879 g/mol. The second kappa shape index (κ2) is 15.7. The van der Waals surface area contributed by atoms with Gasteiger partial charge in [0.15, 0.2) is 19.7 Å². The van der Waals surface area contributed by atoms with Gasteiger partial charge >= 0.3 is 12.2 Å². The van der Waals surface area contributed by atoms with Crippen molar-refractivity contribution in [3.05, 3.63) is 93.7 Å². The number of anilines is 1. The molecule has 4 aromatic rings. The van der Waals surface area contributed by atoms with Gasteiger partial charge in [-0.3, -0.25) is 14.5 Å². The first kappa shape index (κ1) is 45.7. The summed E-state index contributed by atoms with van der Waals surface area (Å²) in [5.41, 5.74) is -0.503. The standard InChI is InChI=1S/C49H61N3O10Si/c1-27-33-21-20-32(52(44(56)59-46(2,3)4)45(57)60-47(5,6)7)24-29(33)22-30-23-31-25-34-38(51(11)12)40-37(43(50-61-40)58-26-28-18-16-15-17-19-28)42(55)49(34,62-63(13,14)48(8,9)10)41(54)36(31)39(53)35(27)30/h15-22,24,31,34,38,53H,23,25-26H2,1-14H3/t31-,34-,38-,49-/m0/s1. The van der Waals surface area contributed by atoms with Gasteiger partial charge in [-0.05, 0) is 144 Å². The second-order valence-electron chi connectivity index (χ2n) is 20.9. The fourth-order valence-electron chi connectivity index (χ4n) is 9.04. The molecule has 1 heterocycles. The Balaban J connectivity index is 1.38. The predicted molar refractivity (Wildman–Crippen MR) is 243 cm³/mol. The van der Waals surface area contributed by atoms with Crippen molar-refractivity contribution in [1.29, 1.82) is 0 Å². The van der Waals surface area contributed by atoms with Gasteiger partial charge in [-0.1, -0.05) is 63.2 Å². The number of hydrogen-bond donors (Lipinski definition) is 1. The Kier molecular flexibility index (Phi) is 11.4. The number of aromatic nitrogens is 1. The number of carbonyl (C=O) groups is 4. The molecule has 63 heavy (non-hydrogen) atoms. The van der Waals surface area contributed by atoms with Gasteiger partial charge in [0.2, 0.25) is 11.6 Å². The number of ketones is 2. The van der Waals surface area contributed by atoms with Crippen LogP contribution in [0.1, 0.15) is 113 Å². The van der Waals surface area contributed by atoms with Crippen molar-refractivity contribution in [2.75, 3.05) is 19.0 Å². The van der Waals surface area contributed by atoms with Crippen molar-refractivity contribution in [3.63, 3.8) is 0 Å². The van der Waals surface area contributed by atoms with E-state index in [2.05, 4.69) is 25.9 Å². The van der Waals surface area contributed by atoms with E-state index in [1.54, 1.807) is 59.7 Å². The van der Waals surface area contributed by atoms with Crippen LogP contribution < -0.4 is 9.64 Å². The van der Waals surface area contributed by atoms with E-state index in [0.29, 0.717) is 35.1 Å². The lowest BCUT2D eigenvalue weighted by Crippen LogP contribution is -2.68. The maximum absolute atomic E-state index is 15.8. The molecule has 336 valence electrons. The molecule has 4 atom stereocenters. The third kappa shape index (κ3) is 8.10. The van der Waals surface area contributed by atoms with Crippen LogP contribution in [0.5, 0.6) is 5.88 Å². The lowest BCUT2D eigenvalue weighted by molar-refractivity contribution is -0.140. The molecule has 3 aromatic carbocycles. The highest BCUT2D eigenvalue weighted by Gasteiger charge is 2.69. The average Bonchev–Trinajstić information content (AvgIpc) is 3.56. The maximum Gasteiger partial charge on any atom is 0.424 e. The van der Waals surface area contributed by atoms with Crippen LogP contribution in [0.3, 0.4) is 0 Å². The highest BCUT2D eigenvalue weighted by molar-refractivity contribution is 6.74. The molecule has 1 aromatic heterocycles. The molecule has 0 unspecified atom stereocenters. The molecule has 1 saturated carbocycles. The molecular formula is C49H61N3O10Si. The lowest BCUT2D eigenvalue weighted by Gasteiger charge is -2.55. The molecule has 0 spiro atoms. The summed E-state index contributed by atoms with van der Waals surface area (Å²) in [6.07, 6.45) is -1.11. The minimum atomic E-state index is -2.93. The smallest absolute Gasteiger partial charge is 0.424 e. The van der Waals surface area contributed by atoms with Gasteiger partial charge in [0.05, 0.1) is 11.7 Å². The number of benzene rings is 3. The third-order valence-electron chi connectivity index (χ3n) is 12.8. The Hall–Kier alpha value is -5.31. The van der Waals surface area contributed by atoms with Crippen molar-refractivity contribution in [3.8, 4) is 5.88 Å². The lowest BCUT2D eigenvalue weighted by atomic mass is 9.57. The summed E-state index contributed by atoms with van der Waals surface area (Å²) in [6, 6.07) is 15.9. The fourth-order valence-corrected chi connectivity index (χ4v) is 10.5. The summed E-state index contributed by atoms with van der Waals surface area (Å²) < 4.78 is 30.8. The first-order valence-corrected chi connectivity index (χ1v) is 24.5. The molecule has 0 aliphatic heterocycles. The molecule has 1 fully saturated rings. The first-order valence-electron chi connectivity index (χ1n) is 21.5. The number of Topliss-reactive ketones (excluding diaryl/α,β-unsaturated/α-hetero) is 2. The fraction of sp³-hybridized carbons (Fsp3) is 0.490. The van der Waals surface area contributed by atoms with Gasteiger partial charge < -0.3 is 28.3 Å². The highest BCUT2D eigenvalue weighted by atomic mass is 28.4. The van der Waals surface area contributed by atoms with Crippen LogP contribution in [0, 0.1) is 18.8 Å². The van der Waals surface area contributed by atoms with E-state index in [1.807, 2.05) is 75.4 Å². The van der Waals surface area contributed by atoms with Crippen molar-refractivity contribution < 1.29 is 47.4 Å². The SMILES string of the molecule is Cc1c2c(cc3cc(N(C(=O)OC(C)(C)C)C(=O)OC(C)(C)C)ccc13)C[C@H]1C[C@H]3[C@H](N(C)C)c4onc(OCc5ccccc5)c4C(=O)[C@@]3(O[Si](C)(C)C(C)(C)C)C(=O)C1=C2O. The Labute approximate surface area is 370 Å². The molecule has 7 rings (SSSR count). The van der Waals surface area contributed by atoms with Crippen molar-refractivity contribution in [1.82, 2.24) is 10.1 Å². The van der Waals surface area contributed by atoms with Crippen LogP contribution in [-0.4, -0.2) is 78.1 Å². The maximum atomic E-state index is 15.8. The Bertz CT molecular complexity index is 2510. The predicted octanol–water partition coefficient (Wildman–Crippen LogP) is 10.7. The number of hydrogen-bond acceptors (Lipinski definition) is 12. The number of imide groups is 1. The van der Waals surface area contributed by atoms with E-state index >= 15 is 9.59 Å². The molecule has 3 aliphatic carbocycles. The van der Waals surface area contributed by atoms with E-state index in [9.17, 15) is 14.7 Å². The van der Waals surface area contributed by atoms with Crippen LogP contribution in [0.25, 0.3) is 16.5 Å². The number of fused-ring (bicyclic) bond motifs is 5. The summed E-state index contributed by atoms with van der Waals surface area (Å²) in [5, 5.41) is 17.8. The minimum Gasteiger partial charge on any atom is -0.507 e. The second-order valence-corrected chi connectivity index (χ2v) is 25.6. The summed E-state index contributed by atoms with van der Waals surface area (Å²) in [7, 11) is 0.827. The molecule has 13 nitrogen and oxygen atoms in total. The van der Waals surface area contributed by atoms with Gasteiger partial charge in [0.1, 0.15) is 29.1 Å². The number of ether oxygens (including phenoxy) is 3. The van der Waals surface area contributed by atoms with Gasteiger partial charge in [0.25, 0.3) is 5.88 Å². The van der Waals surface area contributed by atoms with Crippen LogP contribution >= 0.6 is 0 Å². The normalized spacial score (nSPS) is 21.4. The molecule has 0 bridgehead atoms. The molecule has 0 radical (unpaired) electrons. The van der Waals surface area contributed by atoms with Crippen LogP contribution in [-0.2, 0) is 31.7 Å². The van der Waals surface area contributed by atoms with Crippen molar-refractivity contribution >= 4 is 54.3 Å². The molecular weight excluding hydrogens is 819 g/mol. The zero-order valence-electron chi connectivity index (χ0n) is 39.0. The molecule has 1 N–H and O–H groups in total. The van der Waals surface area contributed by atoms with Gasteiger partial charge in [-0.15, -0.1) is 0 Å². The number of nitrogens with zero attached hydrogens (tertiary/aromatic N) is 3. The van der Waals surface area contributed by atoms with Crippen LogP contribution in [0.2, 0.25) is 18.1 Å². The zero-order valence-corrected chi connectivity index (χ0v) is 40.0. The molecule has 3 aliphatic rings. The average molecular weight is 880 g/mol. The molecule has 0 saturated heterocycles. The molecule has 2 amide bonds. The van der Waals surface area contributed by atoms with Gasteiger partial charge in [-0.2, -0.15) is 4.90 Å². The number of aliphatic hydroxyl groups is 1. The third-order valence-corrected chi connectivity index (χ3v) is 17.2. The van der Waals surface area contributed by atoms with E-state index in [4.69, 9.17) is 23.2 Å². The Morgan fingerprint density at radius 2 is 1.51 bits per heavy atom. The highest BCUT2D eigenvalue weighted by Crippen LogP contribution is 2.59. The Morgan fingerprint density at radius 3 is 2.08 bits per heavy atom. The summed E-state index contributed by atoms with van der Waals surface area (Å²) >= 11 is 0. The zero-order chi connectivity index (χ0) is 46.4. The summed E-state index contributed by atoms with van der Waals surface area (Å²) in [6.45, 7) is 22.5. The van der Waals surface area contributed by atoms with E-state index in [1.165, 1.54) is 0 Å². The number of amides is 2. The Morgan fingerprint density at radius 1 is 0.889 bits per heavy atom. The largest absolute Gasteiger partial charge is 0.507 e. The summed E-state index contributed by atoms with van der Waals surface area (Å²) in [5.74, 6) is -2.26. The topological polar surface area (TPSA) is 158 Å². The molecule has 14 heteroatoms. The number of aliphatic hydroxyl groups excluding tert-OH is 1. The van der Waals surface area contributed by atoms with Crippen LogP contribution in [0.4, 0.5) is 15.3 Å². The first-order chi connectivity index (χ1) is 29.2. The van der Waals surface area contributed by atoms with Crippen molar-refractivity contribution in [2.45, 2.75) is 130 Å². The van der Waals surface area contributed by atoms with Crippen molar-refractivity contribution in [2.24, 2.45) is 11.8 Å². The number of aryl methyl sites for hydroxylation is 1. The van der Waals surface area contributed by atoms with E-state index in [-0.39, 0.29) is 35.1 Å². The summed E-state index contributed by atoms with van der Waals surface area (Å²) in [4.78, 5) is 61.4. The van der Waals surface area contributed by atoms with Gasteiger partial charge in [0, 0.05) is 17.1 Å². The minimum absolute atomic E-state index is 0.0111. The van der Waals surface area contributed by atoms with Crippen LogP contribution in [0.15, 0.2) is 64.7 Å². The van der Waals surface area contributed by atoms with E-state index < -0.39 is 71.8 Å². The number of rotatable bonds is 7. The van der Waals surface area contributed by atoms with E-state index in [0.717, 1.165) is 21.4 Å².